The lowest BCUT2D eigenvalue weighted by atomic mass is 9.63. The van der Waals surface area contributed by atoms with Crippen molar-refractivity contribution in [3.8, 4) is 11.5 Å². The first-order valence-corrected chi connectivity index (χ1v) is 14.6. The maximum Gasteiger partial charge on any atom is 0.175 e. The first-order valence-electron chi connectivity index (χ1n) is 13.8. The number of hydrogen-bond acceptors (Lipinski definition) is 6. The molecular weight excluding hydrogens is 546 g/mol. The van der Waals surface area contributed by atoms with E-state index in [1.807, 2.05) is 19.1 Å². The zero-order valence-corrected chi connectivity index (χ0v) is 25.5. The highest BCUT2D eigenvalue weighted by Gasteiger charge is 2.49. The number of allylic oxidation sites excluding steroid dienone is 4. The van der Waals surface area contributed by atoms with Gasteiger partial charge in [-0.1, -0.05) is 34.6 Å². The Balaban J connectivity index is 1.98. The van der Waals surface area contributed by atoms with Crippen molar-refractivity contribution in [2.45, 2.75) is 79.6 Å². The Morgan fingerprint density at radius 2 is 1.47 bits per heavy atom. The molecule has 0 bridgehead atoms. The van der Waals surface area contributed by atoms with Gasteiger partial charge in [0.1, 0.15) is 0 Å². The third-order valence-corrected chi connectivity index (χ3v) is 8.25. The molecule has 1 aromatic rings. The Morgan fingerprint density at radius 1 is 0.895 bits per heavy atom. The van der Waals surface area contributed by atoms with Crippen LogP contribution in [0.3, 0.4) is 0 Å². The lowest BCUT2D eigenvalue weighted by Crippen LogP contribution is -2.45. The Bertz CT molecular complexity index is 1120. The minimum Gasteiger partial charge on any atom is -0.490 e. The molecule has 7 heteroatoms. The molecule has 38 heavy (non-hydrogen) atoms. The number of Topliss-reactive ketones (excluding diaryl/α,β-unsaturated/α-hetero) is 2. The smallest absolute Gasteiger partial charge is 0.175 e. The van der Waals surface area contributed by atoms with Crippen LogP contribution in [0.2, 0.25) is 0 Å². The molecule has 4 rings (SSSR count). The molecule has 2 aliphatic carbocycles. The molecule has 0 saturated carbocycles. The van der Waals surface area contributed by atoms with Gasteiger partial charge in [0.25, 0.3) is 0 Å². The largest absolute Gasteiger partial charge is 0.490 e. The van der Waals surface area contributed by atoms with Gasteiger partial charge in [-0.2, -0.15) is 0 Å². The lowest BCUT2D eigenvalue weighted by Gasteiger charge is -2.49. The first-order chi connectivity index (χ1) is 17.9. The molecule has 0 N–H and O–H groups in total. The second kappa shape index (κ2) is 11.2. The van der Waals surface area contributed by atoms with Crippen LogP contribution >= 0.6 is 15.9 Å². The van der Waals surface area contributed by atoms with Crippen LogP contribution in [0.1, 0.15) is 85.1 Å². The highest BCUT2D eigenvalue weighted by atomic mass is 79.9. The number of methoxy groups -OCH3 is 1. The predicted octanol–water partition coefficient (Wildman–Crippen LogP) is 6.97. The maximum absolute atomic E-state index is 13.9. The fourth-order valence-electron chi connectivity index (χ4n) is 6.20. The Hall–Kier alpha value is -2.12. The molecule has 208 valence electrons. The zero-order valence-electron chi connectivity index (χ0n) is 24.0. The van der Waals surface area contributed by atoms with E-state index in [1.54, 1.807) is 7.11 Å². The summed E-state index contributed by atoms with van der Waals surface area (Å²) in [6, 6.07) is 3.99. The van der Waals surface area contributed by atoms with E-state index in [1.165, 1.54) is 0 Å². The Kier molecular flexibility index (Phi) is 8.49. The number of carbonyl (C=O) groups excluding carboxylic acids is 2. The zero-order chi connectivity index (χ0) is 27.8. The Labute approximate surface area is 235 Å². The summed E-state index contributed by atoms with van der Waals surface area (Å²) in [6.45, 7) is 14.8. The van der Waals surface area contributed by atoms with E-state index in [2.05, 4.69) is 55.4 Å². The monoisotopic (exact) mass is 587 g/mol. The van der Waals surface area contributed by atoms with Crippen molar-refractivity contribution >= 4 is 27.5 Å². The van der Waals surface area contributed by atoms with Gasteiger partial charge in [0.2, 0.25) is 0 Å². The second-order valence-corrected chi connectivity index (χ2v) is 13.1. The number of ether oxygens (including phenoxy) is 3. The van der Waals surface area contributed by atoms with Gasteiger partial charge >= 0.3 is 0 Å². The first kappa shape index (κ1) is 28.9. The summed E-state index contributed by atoms with van der Waals surface area (Å²) in [5, 5.41) is 0. The topological polar surface area (TPSA) is 65.1 Å². The molecule has 1 heterocycles. The summed E-state index contributed by atoms with van der Waals surface area (Å²) in [5.41, 5.74) is 4.15. The molecular formula is C31H42BrNO5. The van der Waals surface area contributed by atoms with Crippen LogP contribution in [-0.4, -0.2) is 49.9 Å². The predicted molar refractivity (Wildman–Crippen MR) is 153 cm³/mol. The van der Waals surface area contributed by atoms with Crippen molar-refractivity contribution < 1.29 is 23.8 Å². The molecule has 0 spiro atoms. The molecule has 0 fully saturated rings. The van der Waals surface area contributed by atoms with Crippen LogP contribution in [0.15, 0.2) is 39.1 Å². The van der Waals surface area contributed by atoms with Gasteiger partial charge < -0.3 is 19.1 Å². The van der Waals surface area contributed by atoms with Crippen LogP contribution in [0, 0.1) is 10.8 Å². The lowest BCUT2D eigenvalue weighted by molar-refractivity contribution is -0.119. The van der Waals surface area contributed by atoms with Crippen LogP contribution in [0.5, 0.6) is 11.5 Å². The van der Waals surface area contributed by atoms with E-state index in [-0.39, 0.29) is 22.4 Å². The number of hydrogen-bond donors (Lipinski definition) is 0. The van der Waals surface area contributed by atoms with Crippen LogP contribution in [0.25, 0.3) is 0 Å². The quantitative estimate of drug-likeness (QED) is 0.311. The van der Waals surface area contributed by atoms with Gasteiger partial charge in [-0.05, 0) is 70.6 Å². The third-order valence-electron chi connectivity index (χ3n) is 7.66. The highest BCUT2D eigenvalue weighted by molar-refractivity contribution is 9.10. The minimum absolute atomic E-state index is 0.119. The maximum atomic E-state index is 13.9. The summed E-state index contributed by atoms with van der Waals surface area (Å²) in [6.07, 6.45) is 3.34. The van der Waals surface area contributed by atoms with E-state index in [0.717, 1.165) is 51.8 Å². The molecule has 0 amide bonds. The molecule has 6 nitrogen and oxygen atoms in total. The fraction of sp³-hybridized carbons (Fsp3) is 0.613. The van der Waals surface area contributed by atoms with Crippen molar-refractivity contribution in [3.05, 3.63) is 44.7 Å². The van der Waals surface area contributed by atoms with E-state index in [4.69, 9.17) is 14.2 Å². The second-order valence-electron chi connectivity index (χ2n) is 12.3. The van der Waals surface area contributed by atoms with Crippen LogP contribution in [-0.2, 0) is 14.3 Å². The summed E-state index contributed by atoms with van der Waals surface area (Å²) in [5.74, 6) is 1.09. The molecule has 0 atom stereocenters. The van der Waals surface area contributed by atoms with Crippen LogP contribution < -0.4 is 9.47 Å². The van der Waals surface area contributed by atoms with Gasteiger partial charge in [-0.25, -0.2) is 0 Å². The molecule has 0 radical (unpaired) electrons. The van der Waals surface area contributed by atoms with Crippen molar-refractivity contribution in [2.24, 2.45) is 10.8 Å². The SMILES string of the molecule is CCCOc1c(Br)cc(C2C3=C(CC(C)(C)CC3=O)N(CCOC)C3=C2C(=O)CC(C)(C)C3)cc1OCC. The summed E-state index contributed by atoms with van der Waals surface area (Å²) in [4.78, 5) is 30.1. The van der Waals surface area contributed by atoms with Gasteiger partial charge in [-0.15, -0.1) is 0 Å². The van der Waals surface area contributed by atoms with Crippen molar-refractivity contribution in [2.75, 3.05) is 33.5 Å². The number of ketones is 2. The van der Waals surface area contributed by atoms with Gasteiger partial charge in [0.15, 0.2) is 23.1 Å². The standard InChI is InChI=1S/C31H42BrNO5/c1-8-11-38-29-20(32)13-19(14-25(29)37-9-2)26-27-21(15-30(3,4)17-23(27)34)33(10-12-36-7)22-16-31(5,6)18-24(35)28(22)26/h13-14,26H,8-12,15-18H2,1-7H3. The average Bonchev–Trinajstić information content (AvgIpc) is 2.80. The molecule has 0 saturated heterocycles. The minimum atomic E-state index is -0.429. The van der Waals surface area contributed by atoms with Gasteiger partial charge in [0, 0.05) is 55.0 Å². The normalized spacial score (nSPS) is 21.0. The van der Waals surface area contributed by atoms with E-state index < -0.39 is 5.92 Å². The van der Waals surface area contributed by atoms with Crippen molar-refractivity contribution in [1.29, 1.82) is 0 Å². The number of carbonyl (C=O) groups is 2. The van der Waals surface area contributed by atoms with Gasteiger partial charge in [0.05, 0.1) is 24.3 Å². The number of halogens is 1. The molecule has 1 aliphatic heterocycles. The number of rotatable bonds is 9. The number of nitrogens with zero attached hydrogens (tertiary/aromatic N) is 1. The van der Waals surface area contributed by atoms with E-state index >= 15 is 0 Å². The Morgan fingerprint density at radius 3 is 1.97 bits per heavy atom. The average molecular weight is 589 g/mol. The molecule has 1 aromatic carbocycles. The summed E-state index contributed by atoms with van der Waals surface area (Å²) in [7, 11) is 1.69. The van der Waals surface area contributed by atoms with Crippen molar-refractivity contribution in [1.82, 2.24) is 4.90 Å². The molecule has 3 aliphatic rings. The summed E-state index contributed by atoms with van der Waals surface area (Å²) >= 11 is 3.72. The highest BCUT2D eigenvalue weighted by Crippen LogP contribution is 2.55. The van der Waals surface area contributed by atoms with Crippen molar-refractivity contribution in [3.63, 3.8) is 0 Å². The van der Waals surface area contributed by atoms with Crippen LogP contribution in [0.4, 0.5) is 0 Å². The summed E-state index contributed by atoms with van der Waals surface area (Å²) < 4.78 is 18.3. The molecule has 0 unspecified atom stereocenters. The van der Waals surface area contributed by atoms with E-state index in [9.17, 15) is 9.59 Å². The molecule has 0 aromatic heterocycles. The third kappa shape index (κ3) is 5.60. The van der Waals surface area contributed by atoms with E-state index in [0.29, 0.717) is 50.7 Å². The fourth-order valence-corrected chi connectivity index (χ4v) is 6.77. The number of benzene rings is 1. The van der Waals surface area contributed by atoms with Gasteiger partial charge in [-0.3, -0.25) is 9.59 Å².